The van der Waals surface area contributed by atoms with E-state index in [1.54, 1.807) is 11.3 Å². The molecule has 0 aromatic carbocycles. The molecule has 7 heteroatoms. The van der Waals surface area contributed by atoms with Crippen molar-refractivity contribution in [1.82, 2.24) is 4.72 Å². The van der Waals surface area contributed by atoms with Gasteiger partial charge in [-0.25, -0.2) is 13.1 Å². The van der Waals surface area contributed by atoms with E-state index in [1.165, 1.54) is 12.1 Å². The Morgan fingerprint density at radius 2 is 2.17 bits per heavy atom. The Morgan fingerprint density at radius 1 is 1.33 bits per heavy atom. The van der Waals surface area contributed by atoms with Crippen molar-refractivity contribution < 1.29 is 8.42 Å². The summed E-state index contributed by atoms with van der Waals surface area (Å²) in [6.45, 7) is 0.364. The van der Waals surface area contributed by atoms with Gasteiger partial charge >= 0.3 is 0 Å². The van der Waals surface area contributed by atoms with Crippen molar-refractivity contribution in [3.05, 3.63) is 39.4 Å². The Balaban J connectivity index is 1.97. The van der Waals surface area contributed by atoms with Crippen LogP contribution in [0.5, 0.6) is 0 Å². The van der Waals surface area contributed by atoms with E-state index in [-0.39, 0.29) is 4.21 Å². The van der Waals surface area contributed by atoms with Gasteiger partial charge < -0.3 is 0 Å². The highest BCUT2D eigenvalue weighted by molar-refractivity contribution is 7.91. The molecule has 0 amide bonds. The number of hydrogen-bond acceptors (Lipinski definition) is 5. The van der Waals surface area contributed by atoms with Gasteiger partial charge in [0.2, 0.25) is 10.0 Å². The van der Waals surface area contributed by atoms with Crippen LogP contribution in [0.4, 0.5) is 0 Å². The molecule has 0 unspecified atom stereocenters. The van der Waals surface area contributed by atoms with Gasteiger partial charge in [-0.2, -0.15) is 5.26 Å². The highest BCUT2D eigenvalue weighted by Gasteiger charge is 2.16. The van der Waals surface area contributed by atoms with Gasteiger partial charge in [0.1, 0.15) is 15.2 Å². The molecule has 2 aromatic heterocycles. The van der Waals surface area contributed by atoms with Gasteiger partial charge in [0.05, 0.1) is 0 Å². The standard InChI is InChI=1S/C11H10N2O2S3/c12-8-10-3-4-11(17-10)18(14,15)13-6-5-9-2-1-7-16-9/h1-4,7,13H,5-6H2. The van der Waals surface area contributed by atoms with Crippen molar-refractivity contribution >= 4 is 32.7 Å². The minimum Gasteiger partial charge on any atom is -0.210 e. The number of rotatable bonds is 5. The van der Waals surface area contributed by atoms with Crippen LogP contribution in [0.2, 0.25) is 0 Å². The summed E-state index contributed by atoms with van der Waals surface area (Å²) in [6.07, 6.45) is 0.674. The third kappa shape index (κ3) is 3.17. The molecule has 0 saturated carbocycles. The highest BCUT2D eigenvalue weighted by atomic mass is 32.2. The lowest BCUT2D eigenvalue weighted by Gasteiger charge is -2.03. The fourth-order valence-corrected chi connectivity index (χ4v) is 4.25. The molecule has 0 fully saturated rings. The zero-order valence-corrected chi connectivity index (χ0v) is 11.7. The van der Waals surface area contributed by atoms with E-state index in [2.05, 4.69) is 4.72 Å². The van der Waals surface area contributed by atoms with Crippen LogP contribution in [0.3, 0.4) is 0 Å². The van der Waals surface area contributed by atoms with Crippen molar-refractivity contribution in [3.8, 4) is 6.07 Å². The van der Waals surface area contributed by atoms with Gasteiger partial charge in [-0.05, 0) is 30.0 Å². The molecular formula is C11H10N2O2S3. The summed E-state index contributed by atoms with van der Waals surface area (Å²) in [6, 6.07) is 8.80. The number of sulfonamides is 1. The van der Waals surface area contributed by atoms with Crippen LogP contribution in [0, 0.1) is 11.3 Å². The summed E-state index contributed by atoms with van der Waals surface area (Å²) in [5, 5.41) is 10.6. The van der Waals surface area contributed by atoms with Gasteiger partial charge in [0.15, 0.2) is 0 Å². The molecule has 0 aliphatic carbocycles. The second kappa shape index (κ2) is 5.63. The third-order valence-corrected chi connectivity index (χ3v) is 6.08. The number of nitriles is 1. The average Bonchev–Trinajstić information content (AvgIpc) is 2.99. The molecular weight excluding hydrogens is 288 g/mol. The monoisotopic (exact) mass is 298 g/mol. The van der Waals surface area contributed by atoms with Gasteiger partial charge in [-0.1, -0.05) is 6.07 Å². The van der Waals surface area contributed by atoms with Crippen LogP contribution in [0.25, 0.3) is 0 Å². The van der Waals surface area contributed by atoms with E-state index >= 15 is 0 Å². The van der Waals surface area contributed by atoms with E-state index in [4.69, 9.17) is 5.26 Å². The lowest BCUT2D eigenvalue weighted by molar-refractivity contribution is 0.584. The largest absolute Gasteiger partial charge is 0.250 e. The molecule has 0 aliphatic rings. The van der Waals surface area contributed by atoms with Crippen molar-refractivity contribution in [3.63, 3.8) is 0 Å². The maximum Gasteiger partial charge on any atom is 0.250 e. The molecule has 4 nitrogen and oxygen atoms in total. The highest BCUT2D eigenvalue weighted by Crippen LogP contribution is 2.20. The Hall–Kier alpha value is -1.20. The molecule has 18 heavy (non-hydrogen) atoms. The molecule has 94 valence electrons. The van der Waals surface area contributed by atoms with Crippen molar-refractivity contribution in [2.75, 3.05) is 6.54 Å². The SMILES string of the molecule is N#Cc1ccc(S(=O)(=O)NCCc2cccs2)s1. The van der Waals surface area contributed by atoms with E-state index in [0.717, 1.165) is 16.2 Å². The molecule has 2 rings (SSSR count). The van der Waals surface area contributed by atoms with E-state index in [9.17, 15) is 8.42 Å². The molecule has 0 aliphatic heterocycles. The Labute approximate surface area is 114 Å². The zero-order chi connectivity index (χ0) is 13.0. The number of hydrogen-bond donors (Lipinski definition) is 1. The summed E-state index contributed by atoms with van der Waals surface area (Å²) in [5.74, 6) is 0. The predicted molar refractivity (Wildman–Crippen MR) is 72.2 cm³/mol. The molecule has 2 aromatic rings. The minimum atomic E-state index is -3.48. The van der Waals surface area contributed by atoms with E-state index < -0.39 is 10.0 Å². The fraction of sp³-hybridized carbons (Fsp3) is 0.182. The van der Waals surface area contributed by atoms with E-state index in [0.29, 0.717) is 17.8 Å². The normalized spacial score (nSPS) is 11.3. The number of nitrogens with one attached hydrogen (secondary N) is 1. The molecule has 2 heterocycles. The van der Waals surface area contributed by atoms with Crippen LogP contribution in [0.15, 0.2) is 33.9 Å². The second-order valence-electron chi connectivity index (χ2n) is 3.46. The first-order valence-electron chi connectivity index (χ1n) is 5.14. The van der Waals surface area contributed by atoms with Crippen LogP contribution in [0.1, 0.15) is 9.75 Å². The van der Waals surface area contributed by atoms with Crippen LogP contribution in [-0.2, 0) is 16.4 Å². The summed E-state index contributed by atoms with van der Waals surface area (Å²) < 4.78 is 26.5. The van der Waals surface area contributed by atoms with Crippen molar-refractivity contribution in [2.24, 2.45) is 0 Å². The first-order chi connectivity index (χ1) is 8.62. The zero-order valence-electron chi connectivity index (χ0n) is 9.29. The number of nitrogens with zero attached hydrogens (tertiary/aromatic N) is 1. The van der Waals surface area contributed by atoms with Gasteiger partial charge in [-0.15, -0.1) is 22.7 Å². The topological polar surface area (TPSA) is 70.0 Å². The van der Waals surface area contributed by atoms with Crippen molar-refractivity contribution in [1.29, 1.82) is 5.26 Å². The predicted octanol–water partition coefficient (Wildman–Crippen LogP) is 2.20. The first-order valence-corrected chi connectivity index (χ1v) is 8.32. The lowest BCUT2D eigenvalue weighted by Crippen LogP contribution is -2.25. The molecule has 0 bridgehead atoms. The van der Waals surface area contributed by atoms with Gasteiger partial charge in [0, 0.05) is 11.4 Å². The smallest absolute Gasteiger partial charge is 0.210 e. The van der Waals surface area contributed by atoms with Crippen LogP contribution in [-0.4, -0.2) is 15.0 Å². The van der Waals surface area contributed by atoms with Crippen molar-refractivity contribution in [2.45, 2.75) is 10.6 Å². The van der Waals surface area contributed by atoms with Gasteiger partial charge in [-0.3, -0.25) is 0 Å². The average molecular weight is 298 g/mol. The maximum atomic E-state index is 11.9. The molecule has 1 N–H and O–H groups in total. The summed E-state index contributed by atoms with van der Waals surface area (Å²) in [4.78, 5) is 1.54. The van der Waals surface area contributed by atoms with E-state index in [1.807, 2.05) is 23.6 Å². The van der Waals surface area contributed by atoms with Gasteiger partial charge in [0.25, 0.3) is 0 Å². The summed E-state index contributed by atoms with van der Waals surface area (Å²) >= 11 is 2.58. The quantitative estimate of drug-likeness (QED) is 0.920. The fourth-order valence-electron chi connectivity index (χ4n) is 1.36. The third-order valence-electron chi connectivity index (χ3n) is 2.20. The molecule has 0 spiro atoms. The molecule has 0 radical (unpaired) electrons. The van der Waals surface area contributed by atoms with Crippen LogP contribution >= 0.6 is 22.7 Å². The second-order valence-corrected chi connectivity index (χ2v) is 7.57. The molecule has 0 saturated heterocycles. The molecule has 0 atom stereocenters. The summed E-state index contributed by atoms with van der Waals surface area (Å²) in [5.41, 5.74) is 0. The Bertz CT molecular complexity index is 651. The Kier molecular flexibility index (Phi) is 4.14. The maximum absolute atomic E-state index is 11.9. The lowest BCUT2D eigenvalue weighted by atomic mass is 10.3. The minimum absolute atomic E-state index is 0.185. The summed E-state index contributed by atoms with van der Waals surface area (Å²) in [7, 11) is -3.48. The first kappa shape index (κ1) is 13.2. The van der Waals surface area contributed by atoms with Crippen LogP contribution < -0.4 is 4.72 Å². The number of thiophene rings is 2. The Morgan fingerprint density at radius 3 is 2.78 bits per heavy atom.